The molecule has 1 aromatic rings. The molecule has 1 aromatic carbocycles. The molecule has 1 saturated carbocycles. The fraction of sp³-hybridized carbons (Fsp3) is 0.562. The third kappa shape index (κ3) is 3.49. The molecule has 0 amide bonds. The molecule has 104 valence electrons. The Bertz CT molecular complexity index is 424. The Hall–Kier alpha value is -1.51. The Morgan fingerprint density at radius 3 is 2.53 bits per heavy atom. The molecule has 3 atom stereocenters. The van der Waals surface area contributed by atoms with E-state index in [-0.39, 0.29) is 5.92 Å². The number of carboxylic acids is 1. The first kappa shape index (κ1) is 13.9. The van der Waals surface area contributed by atoms with Gasteiger partial charge in [-0.15, -0.1) is 0 Å². The van der Waals surface area contributed by atoms with Crippen molar-refractivity contribution in [2.45, 2.75) is 39.0 Å². The lowest BCUT2D eigenvalue weighted by molar-refractivity contribution is -0.138. The molecule has 1 aliphatic carbocycles. The van der Waals surface area contributed by atoms with Crippen molar-refractivity contribution < 1.29 is 14.6 Å². The quantitative estimate of drug-likeness (QED) is 0.815. The van der Waals surface area contributed by atoms with Gasteiger partial charge in [0.1, 0.15) is 5.75 Å². The van der Waals surface area contributed by atoms with Crippen molar-refractivity contribution in [3.05, 3.63) is 29.8 Å². The van der Waals surface area contributed by atoms with Gasteiger partial charge >= 0.3 is 5.97 Å². The molecule has 19 heavy (non-hydrogen) atoms. The van der Waals surface area contributed by atoms with Crippen LogP contribution in [0.15, 0.2) is 24.3 Å². The first-order valence-electron chi connectivity index (χ1n) is 7.11. The Kier molecular flexibility index (Phi) is 4.46. The highest BCUT2D eigenvalue weighted by atomic mass is 16.5. The Balaban J connectivity index is 1.96. The van der Waals surface area contributed by atoms with Crippen LogP contribution in [0, 0.1) is 11.8 Å². The summed E-state index contributed by atoms with van der Waals surface area (Å²) >= 11 is 0. The van der Waals surface area contributed by atoms with E-state index in [2.05, 4.69) is 19.1 Å². The zero-order valence-corrected chi connectivity index (χ0v) is 11.6. The maximum Gasteiger partial charge on any atom is 0.306 e. The molecule has 1 fully saturated rings. The number of carboxylic acid groups (broad SMARTS) is 1. The zero-order valence-electron chi connectivity index (χ0n) is 11.6. The minimum Gasteiger partial charge on any atom is -0.494 e. The number of hydrogen-bond acceptors (Lipinski definition) is 2. The molecule has 0 aliphatic heterocycles. The number of benzene rings is 1. The van der Waals surface area contributed by atoms with E-state index >= 15 is 0 Å². The molecule has 1 aliphatic rings. The number of carbonyl (C=O) groups is 1. The number of hydrogen-bond donors (Lipinski definition) is 1. The average molecular weight is 262 g/mol. The molecule has 0 spiro atoms. The van der Waals surface area contributed by atoms with Gasteiger partial charge in [0.25, 0.3) is 0 Å². The number of ether oxygens (including phenoxy) is 1. The summed E-state index contributed by atoms with van der Waals surface area (Å²) in [6.07, 6.45) is 2.89. The van der Waals surface area contributed by atoms with Gasteiger partial charge < -0.3 is 9.84 Å². The van der Waals surface area contributed by atoms with Gasteiger partial charge in [0, 0.05) is 0 Å². The predicted octanol–water partition coefficient (Wildman–Crippen LogP) is 3.69. The SMILES string of the molecule is CCOc1ccc(C(CC)CC2CC2C(=O)O)cc1. The monoisotopic (exact) mass is 262 g/mol. The summed E-state index contributed by atoms with van der Waals surface area (Å²) in [4.78, 5) is 10.9. The molecule has 0 aromatic heterocycles. The van der Waals surface area contributed by atoms with E-state index in [1.54, 1.807) is 0 Å². The van der Waals surface area contributed by atoms with Gasteiger partial charge in [0.2, 0.25) is 0 Å². The maximum atomic E-state index is 10.9. The van der Waals surface area contributed by atoms with Crippen LogP contribution in [-0.4, -0.2) is 17.7 Å². The second-order valence-corrected chi connectivity index (χ2v) is 5.28. The van der Waals surface area contributed by atoms with Crippen molar-refractivity contribution in [1.82, 2.24) is 0 Å². The van der Waals surface area contributed by atoms with E-state index in [4.69, 9.17) is 9.84 Å². The molecule has 1 N–H and O–H groups in total. The molecule has 0 bridgehead atoms. The smallest absolute Gasteiger partial charge is 0.306 e. The minimum atomic E-state index is -0.633. The van der Waals surface area contributed by atoms with Crippen LogP contribution in [0.5, 0.6) is 5.75 Å². The molecular formula is C16H22O3. The van der Waals surface area contributed by atoms with Crippen LogP contribution in [0.4, 0.5) is 0 Å². The van der Waals surface area contributed by atoms with Gasteiger partial charge in [-0.25, -0.2) is 0 Å². The minimum absolute atomic E-state index is 0.100. The van der Waals surface area contributed by atoms with Crippen molar-refractivity contribution in [3.63, 3.8) is 0 Å². The second kappa shape index (κ2) is 6.09. The van der Waals surface area contributed by atoms with Crippen molar-refractivity contribution in [2.24, 2.45) is 11.8 Å². The highest BCUT2D eigenvalue weighted by Crippen LogP contribution is 2.46. The molecule has 0 heterocycles. The number of aliphatic carboxylic acids is 1. The highest BCUT2D eigenvalue weighted by Gasteiger charge is 2.43. The van der Waals surface area contributed by atoms with Crippen molar-refractivity contribution in [2.75, 3.05) is 6.61 Å². The molecule has 3 heteroatoms. The third-order valence-electron chi connectivity index (χ3n) is 3.98. The van der Waals surface area contributed by atoms with Crippen LogP contribution < -0.4 is 4.74 Å². The zero-order chi connectivity index (χ0) is 13.8. The Morgan fingerprint density at radius 2 is 2.05 bits per heavy atom. The second-order valence-electron chi connectivity index (χ2n) is 5.28. The van der Waals surface area contributed by atoms with Crippen LogP contribution in [0.1, 0.15) is 44.6 Å². The van der Waals surface area contributed by atoms with Gasteiger partial charge in [-0.05, 0) is 55.7 Å². The van der Waals surface area contributed by atoms with E-state index in [1.165, 1.54) is 5.56 Å². The van der Waals surface area contributed by atoms with Gasteiger partial charge in [0.15, 0.2) is 0 Å². The van der Waals surface area contributed by atoms with Crippen LogP contribution in [0.25, 0.3) is 0 Å². The van der Waals surface area contributed by atoms with E-state index in [0.717, 1.165) is 25.0 Å². The van der Waals surface area contributed by atoms with Gasteiger partial charge in [-0.3, -0.25) is 4.79 Å². The van der Waals surface area contributed by atoms with Crippen LogP contribution in [0.2, 0.25) is 0 Å². The van der Waals surface area contributed by atoms with Crippen LogP contribution in [-0.2, 0) is 4.79 Å². The summed E-state index contributed by atoms with van der Waals surface area (Å²) in [5.74, 6) is 0.998. The topological polar surface area (TPSA) is 46.5 Å². The Morgan fingerprint density at radius 1 is 1.37 bits per heavy atom. The standard InChI is InChI=1S/C16H22O3/c1-3-11(9-13-10-15(13)16(17)18)12-5-7-14(8-6-12)19-4-2/h5-8,11,13,15H,3-4,9-10H2,1-2H3,(H,17,18). The normalized spacial score (nSPS) is 22.8. The lowest BCUT2D eigenvalue weighted by Crippen LogP contribution is -2.04. The fourth-order valence-corrected chi connectivity index (χ4v) is 2.72. The van der Waals surface area contributed by atoms with Crippen molar-refractivity contribution in [1.29, 1.82) is 0 Å². The van der Waals surface area contributed by atoms with Gasteiger partial charge in [-0.2, -0.15) is 0 Å². The summed E-state index contributed by atoms with van der Waals surface area (Å²) < 4.78 is 5.44. The van der Waals surface area contributed by atoms with Gasteiger partial charge in [-0.1, -0.05) is 19.1 Å². The van der Waals surface area contributed by atoms with Crippen molar-refractivity contribution >= 4 is 5.97 Å². The lowest BCUT2D eigenvalue weighted by Gasteiger charge is -2.15. The van der Waals surface area contributed by atoms with E-state index < -0.39 is 5.97 Å². The van der Waals surface area contributed by atoms with Crippen LogP contribution in [0.3, 0.4) is 0 Å². The molecule has 3 unspecified atom stereocenters. The first-order valence-corrected chi connectivity index (χ1v) is 7.11. The molecular weight excluding hydrogens is 240 g/mol. The summed E-state index contributed by atoms with van der Waals surface area (Å²) in [5.41, 5.74) is 1.29. The van der Waals surface area contributed by atoms with Gasteiger partial charge in [0.05, 0.1) is 12.5 Å². The van der Waals surface area contributed by atoms with Crippen molar-refractivity contribution in [3.8, 4) is 5.75 Å². The van der Waals surface area contributed by atoms with E-state index in [0.29, 0.717) is 18.4 Å². The van der Waals surface area contributed by atoms with E-state index in [1.807, 2.05) is 19.1 Å². The molecule has 0 radical (unpaired) electrons. The third-order valence-corrected chi connectivity index (χ3v) is 3.98. The molecule has 2 rings (SSSR count). The summed E-state index contributed by atoms with van der Waals surface area (Å²) in [7, 11) is 0. The first-order chi connectivity index (χ1) is 9.15. The van der Waals surface area contributed by atoms with E-state index in [9.17, 15) is 4.79 Å². The number of rotatable bonds is 7. The highest BCUT2D eigenvalue weighted by molar-refractivity contribution is 5.73. The maximum absolute atomic E-state index is 10.9. The average Bonchev–Trinajstić information content (AvgIpc) is 3.17. The largest absolute Gasteiger partial charge is 0.494 e. The summed E-state index contributed by atoms with van der Waals surface area (Å²) in [5, 5.41) is 8.96. The predicted molar refractivity (Wildman–Crippen MR) is 74.5 cm³/mol. The molecule has 0 saturated heterocycles. The lowest BCUT2D eigenvalue weighted by atomic mass is 9.90. The summed E-state index contributed by atoms with van der Waals surface area (Å²) in [6, 6.07) is 8.22. The fourth-order valence-electron chi connectivity index (χ4n) is 2.72. The molecule has 3 nitrogen and oxygen atoms in total. The van der Waals surface area contributed by atoms with Crippen LogP contribution >= 0.6 is 0 Å². The Labute approximate surface area is 114 Å². The summed E-state index contributed by atoms with van der Waals surface area (Å²) in [6.45, 7) is 4.82.